The van der Waals surface area contributed by atoms with E-state index in [-0.39, 0.29) is 18.9 Å². The van der Waals surface area contributed by atoms with Crippen molar-refractivity contribution in [2.75, 3.05) is 6.61 Å². The van der Waals surface area contributed by atoms with E-state index in [9.17, 15) is 14.4 Å². The van der Waals surface area contributed by atoms with Gasteiger partial charge in [-0.05, 0) is 18.6 Å². The van der Waals surface area contributed by atoms with Crippen LogP contribution < -0.4 is 11.2 Å². The molecule has 0 N–H and O–H groups in total. The molecule has 0 aliphatic heterocycles. The summed E-state index contributed by atoms with van der Waals surface area (Å²) < 4.78 is 14.0. The summed E-state index contributed by atoms with van der Waals surface area (Å²) in [6, 6.07) is 3.09. The first-order valence-corrected chi connectivity index (χ1v) is 7.32. The number of esters is 1. The standard InChI is InChI=1S/C15H16N4O5/c1-17-9-16-12-11(17)13(20)19(15(22)18(12)2)6-4-8-24-14(21)10-5-3-7-23-10/h3,5,7,9H,4,6,8H2,1-2H3. The second-order valence-corrected chi connectivity index (χ2v) is 5.29. The fraction of sp³-hybridized carbons (Fsp3) is 0.333. The minimum Gasteiger partial charge on any atom is -0.460 e. The van der Waals surface area contributed by atoms with Crippen molar-refractivity contribution >= 4 is 17.1 Å². The maximum absolute atomic E-state index is 12.5. The summed E-state index contributed by atoms with van der Waals surface area (Å²) in [6.45, 7) is 0.205. The molecule has 3 aromatic rings. The molecular formula is C15H16N4O5. The van der Waals surface area contributed by atoms with Crippen LogP contribution in [0.5, 0.6) is 0 Å². The molecule has 0 aliphatic rings. The second kappa shape index (κ2) is 6.19. The Hall–Kier alpha value is -3.10. The fourth-order valence-electron chi connectivity index (χ4n) is 2.45. The van der Waals surface area contributed by atoms with Crippen molar-refractivity contribution in [2.24, 2.45) is 14.1 Å². The molecule has 126 valence electrons. The van der Waals surface area contributed by atoms with Crippen LogP contribution >= 0.6 is 0 Å². The van der Waals surface area contributed by atoms with Crippen molar-refractivity contribution in [3.05, 3.63) is 51.3 Å². The molecule has 0 amide bonds. The normalized spacial score (nSPS) is 11.1. The van der Waals surface area contributed by atoms with Crippen LogP contribution in [0.4, 0.5) is 0 Å². The van der Waals surface area contributed by atoms with E-state index in [2.05, 4.69) is 4.98 Å². The number of carbonyl (C=O) groups is 1. The van der Waals surface area contributed by atoms with Crippen molar-refractivity contribution in [1.82, 2.24) is 18.7 Å². The lowest BCUT2D eigenvalue weighted by molar-refractivity contribution is 0.0459. The van der Waals surface area contributed by atoms with Gasteiger partial charge in [-0.25, -0.2) is 14.6 Å². The summed E-state index contributed by atoms with van der Waals surface area (Å²) in [7, 11) is 3.25. The van der Waals surface area contributed by atoms with Gasteiger partial charge in [0.15, 0.2) is 11.2 Å². The third-order valence-electron chi connectivity index (χ3n) is 3.68. The van der Waals surface area contributed by atoms with E-state index in [0.717, 1.165) is 4.57 Å². The Morgan fingerprint density at radius 3 is 2.83 bits per heavy atom. The summed E-state index contributed by atoms with van der Waals surface area (Å²) >= 11 is 0. The van der Waals surface area contributed by atoms with Crippen LogP contribution in [-0.2, 0) is 25.4 Å². The van der Waals surface area contributed by atoms with Crippen LogP contribution in [0.3, 0.4) is 0 Å². The van der Waals surface area contributed by atoms with Crippen molar-refractivity contribution < 1.29 is 13.9 Å². The Balaban J connectivity index is 1.74. The first kappa shape index (κ1) is 15.8. The van der Waals surface area contributed by atoms with Crippen molar-refractivity contribution in [3.8, 4) is 0 Å². The number of hydrogen-bond donors (Lipinski definition) is 0. The number of nitrogens with zero attached hydrogens (tertiary/aromatic N) is 4. The maximum atomic E-state index is 12.5. The summed E-state index contributed by atoms with van der Waals surface area (Å²) in [4.78, 5) is 40.4. The maximum Gasteiger partial charge on any atom is 0.374 e. The van der Waals surface area contributed by atoms with E-state index >= 15 is 0 Å². The predicted octanol–water partition coefficient (Wildman–Crippen LogP) is 0.274. The van der Waals surface area contributed by atoms with Crippen LogP contribution in [0.2, 0.25) is 0 Å². The van der Waals surface area contributed by atoms with E-state index in [1.54, 1.807) is 24.7 Å². The zero-order valence-corrected chi connectivity index (χ0v) is 13.3. The van der Waals surface area contributed by atoms with Gasteiger partial charge in [0.1, 0.15) is 0 Å². The molecule has 0 aromatic carbocycles. The van der Waals surface area contributed by atoms with E-state index in [4.69, 9.17) is 9.15 Å². The fourth-order valence-corrected chi connectivity index (χ4v) is 2.45. The number of furan rings is 1. The van der Waals surface area contributed by atoms with Crippen molar-refractivity contribution in [1.29, 1.82) is 0 Å². The zero-order chi connectivity index (χ0) is 17.3. The molecule has 0 saturated heterocycles. The van der Waals surface area contributed by atoms with E-state index in [1.165, 1.54) is 23.2 Å². The van der Waals surface area contributed by atoms with Gasteiger partial charge in [0.05, 0.1) is 19.2 Å². The highest BCUT2D eigenvalue weighted by molar-refractivity contribution is 5.86. The molecule has 9 nitrogen and oxygen atoms in total. The first-order valence-electron chi connectivity index (χ1n) is 7.32. The molecular weight excluding hydrogens is 316 g/mol. The van der Waals surface area contributed by atoms with Crippen LogP contribution in [-0.4, -0.2) is 31.3 Å². The van der Waals surface area contributed by atoms with Crippen LogP contribution in [0, 0.1) is 0 Å². The molecule has 24 heavy (non-hydrogen) atoms. The van der Waals surface area contributed by atoms with Crippen LogP contribution in [0.1, 0.15) is 17.0 Å². The largest absolute Gasteiger partial charge is 0.460 e. The molecule has 0 fully saturated rings. The number of ether oxygens (including phenoxy) is 1. The zero-order valence-electron chi connectivity index (χ0n) is 13.3. The smallest absolute Gasteiger partial charge is 0.374 e. The van der Waals surface area contributed by atoms with Gasteiger partial charge in [-0.2, -0.15) is 0 Å². The number of rotatable bonds is 5. The van der Waals surface area contributed by atoms with Gasteiger partial charge >= 0.3 is 11.7 Å². The summed E-state index contributed by atoms with van der Waals surface area (Å²) in [5.41, 5.74) is -0.174. The Bertz CT molecular complexity index is 993. The molecule has 0 atom stereocenters. The number of hydrogen-bond acceptors (Lipinski definition) is 6. The average molecular weight is 332 g/mol. The topological polar surface area (TPSA) is 101 Å². The molecule has 0 unspecified atom stereocenters. The molecule has 3 rings (SSSR count). The molecule has 0 saturated carbocycles. The van der Waals surface area contributed by atoms with Crippen molar-refractivity contribution in [2.45, 2.75) is 13.0 Å². The summed E-state index contributed by atoms with van der Waals surface area (Å²) in [5.74, 6) is -0.471. The Labute approximate surface area is 135 Å². The lowest BCUT2D eigenvalue weighted by Gasteiger charge is -2.08. The van der Waals surface area contributed by atoms with Gasteiger partial charge in [-0.3, -0.25) is 13.9 Å². The number of aryl methyl sites for hydroxylation is 2. The molecule has 0 spiro atoms. The molecule has 0 bridgehead atoms. The molecule has 3 aromatic heterocycles. The van der Waals surface area contributed by atoms with Gasteiger partial charge in [-0.15, -0.1) is 0 Å². The third kappa shape index (κ3) is 2.64. The number of imidazole rings is 1. The highest BCUT2D eigenvalue weighted by Crippen LogP contribution is 2.04. The summed E-state index contributed by atoms with van der Waals surface area (Å²) in [6.07, 6.45) is 3.19. The molecule has 3 heterocycles. The van der Waals surface area contributed by atoms with Crippen LogP contribution in [0.25, 0.3) is 11.2 Å². The lowest BCUT2D eigenvalue weighted by Crippen LogP contribution is -2.39. The average Bonchev–Trinajstić information content (AvgIpc) is 3.21. The minimum atomic E-state index is -0.581. The number of aromatic nitrogens is 4. The number of carbonyl (C=O) groups excluding carboxylic acids is 1. The van der Waals surface area contributed by atoms with E-state index in [1.807, 2.05) is 0 Å². The lowest BCUT2D eigenvalue weighted by atomic mass is 10.4. The van der Waals surface area contributed by atoms with E-state index in [0.29, 0.717) is 17.6 Å². The van der Waals surface area contributed by atoms with Gasteiger partial charge in [0.25, 0.3) is 5.56 Å². The highest BCUT2D eigenvalue weighted by Gasteiger charge is 2.15. The molecule has 0 radical (unpaired) electrons. The van der Waals surface area contributed by atoms with E-state index < -0.39 is 17.2 Å². The second-order valence-electron chi connectivity index (χ2n) is 5.29. The van der Waals surface area contributed by atoms with Crippen molar-refractivity contribution in [3.63, 3.8) is 0 Å². The SMILES string of the molecule is Cn1cnc2c1c(=O)n(CCCOC(=O)c1ccco1)c(=O)n2C. The predicted molar refractivity (Wildman–Crippen MR) is 83.8 cm³/mol. The Morgan fingerprint density at radius 1 is 1.33 bits per heavy atom. The minimum absolute atomic E-state index is 0.0680. The van der Waals surface area contributed by atoms with Gasteiger partial charge in [0.2, 0.25) is 5.76 Å². The quantitative estimate of drug-likeness (QED) is 0.491. The summed E-state index contributed by atoms with van der Waals surface area (Å²) in [5, 5.41) is 0. The monoisotopic (exact) mass is 332 g/mol. The van der Waals surface area contributed by atoms with Gasteiger partial charge in [0, 0.05) is 20.6 Å². The molecule has 9 heteroatoms. The van der Waals surface area contributed by atoms with Gasteiger partial charge < -0.3 is 13.7 Å². The molecule has 0 aliphatic carbocycles. The highest BCUT2D eigenvalue weighted by atomic mass is 16.5. The third-order valence-corrected chi connectivity index (χ3v) is 3.68. The first-order chi connectivity index (χ1) is 11.5. The van der Waals surface area contributed by atoms with Crippen LogP contribution in [0.15, 0.2) is 38.7 Å². The Kier molecular flexibility index (Phi) is 4.07. The number of fused-ring (bicyclic) bond motifs is 1. The Morgan fingerprint density at radius 2 is 2.12 bits per heavy atom. The van der Waals surface area contributed by atoms with Gasteiger partial charge in [-0.1, -0.05) is 0 Å².